The summed E-state index contributed by atoms with van der Waals surface area (Å²) in [5.74, 6) is -0.0310. The first-order chi connectivity index (χ1) is 14.4. The van der Waals surface area contributed by atoms with E-state index in [1.807, 2.05) is 19.9 Å². The van der Waals surface area contributed by atoms with E-state index in [2.05, 4.69) is 5.32 Å². The third kappa shape index (κ3) is 3.95. The molecule has 0 saturated heterocycles. The van der Waals surface area contributed by atoms with Gasteiger partial charge in [-0.3, -0.25) is 9.59 Å². The molecule has 2 aromatic heterocycles. The van der Waals surface area contributed by atoms with Crippen molar-refractivity contribution in [2.75, 3.05) is 11.9 Å². The average molecular weight is 424 g/mol. The molecule has 6 nitrogen and oxygen atoms in total. The van der Waals surface area contributed by atoms with Gasteiger partial charge in [-0.05, 0) is 67.4 Å². The maximum Gasteiger partial charge on any atom is 0.262 e. The highest BCUT2D eigenvalue weighted by molar-refractivity contribution is 6.30. The number of amides is 1. The van der Waals surface area contributed by atoms with E-state index in [1.165, 1.54) is 6.26 Å². The molecule has 2 aromatic carbocycles. The molecule has 0 saturated carbocycles. The van der Waals surface area contributed by atoms with E-state index >= 15 is 0 Å². The van der Waals surface area contributed by atoms with E-state index < -0.39 is 5.91 Å². The highest BCUT2D eigenvalue weighted by atomic mass is 35.5. The molecule has 152 valence electrons. The molecule has 0 aliphatic heterocycles. The Balaban J connectivity index is 1.65. The number of nitrogens with one attached hydrogen (secondary N) is 1. The first-order valence-corrected chi connectivity index (χ1v) is 9.60. The van der Waals surface area contributed by atoms with Gasteiger partial charge in [-0.25, -0.2) is 0 Å². The van der Waals surface area contributed by atoms with Crippen LogP contribution in [0, 0.1) is 13.8 Å². The summed E-state index contributed by atoms with van der Waals surface area (Å²) in [6.45, 7) is 3.36. The van der Waals surface area contributed by atoms with Crippen LogP contribution in [0.3, 0.4) is 0 Å². The minimum absolute atomic E-state index is 0.0794. The molecule has 1 N–H and O–H groups in total. The lowest BCUT2D eigenvalue weighted by Gasteiger charge is -2.12. The van der Waals surface area contributed by atoms with Crippen LogP contribution in [0.2, 0.25) is 5.02 Å². The topological polar surface area (TPSA) is 81.7 Å². The maximum absolute atomic E-state index is 13.0. The number of carbonyl (C=O) groups excluding carboxylic acids is 1. The lowest BCUT2D eigenvalue weighted by Crippen LogP contribution is -2.23. The second kappa shape index (κ2) is 8.08. The number of anilines is 1. The van der Waals surface area contributed by atoms with Crippen LogP contribution in [0.4, 0.5) is 5.69 Å². The number of ether oxygens (including phenoxy) is 1. The summed E-state index contributed by atoms with van der Waals surface area (Å²) < 4.78 is 16.9. The zero-order chi connectivity index (χ0) is 21.3. The van der Waals surface area contributed by atoms with Gasteiger partial charge in [0.1, 0.15) is 5.58 Å². The van der Waals surface area contributed by atoms with E-state index in [4.69, 9.17) is 25.2 Å². The number of furan rings is 1. The molecule has 0 aliphatic rings. The van der Waals surface area contributed by atoms with Crippen LogP contribution < -0.4 is 15.5 Å². The summed E-state index contributed by atoms with van der Waals surface area (Å²) in [5, 5.41) is 3.69. The fourth-order valence-corrected chi connectivity index (χ4v) is 3.30. The number of rotatable bonds is 5. The molecule has 4 rings (SSSR count). The van der Waals surface area contributed by atoms with Crippen molar-refractivity contribution >= 4 is 34.2 Å². The lowest BCUT2D eigenvalue weighted by molar-refractivity contribution is -0.118. The zero-order valence-corrected chi connectivity index (χ0v) is 17.1. The first-order valence-electron chi connectivity index (χ1n) is 9.22. The fourth-order valence-electron chi connectivity index (χ4n) is 3.08. The van der Waals surface area contributed by atoms with Gasteiger partial charge in [-0.1, -0.05) is 17.7 Å². The minimum atomic E-state index is -0.422. The van der Waals surface area contributed by atoms with Gasteiger partial charge in [-0.15, -0.1) is 0 Å². The number of fused-ring (bicyclic) bond motifs is 1. The van der Waals surface area contributed by atoms with Crippen LogP contribution in [0.5, 0.6) is 5.75 Å². The van der Waals surface area contributed by atoms with Gasteiger partial charge in [-0.2, -0.15) is 0 Å². The van der Waals surface area contributed by atoms with Crippen molar-refractivity contribution < 1.29 is 18.4 Å². The second-order valence-corrected chi connectivity index (χ2v) is 7.30. The third-order valence-electron chi connectivity index (χ3n) is 4.56. The number of hydrogen-bond acceptors (Lipinski definition) is 5. The molecular formula is C23H18ClNO5. The molecule has 30 heavy (non-hydrogen) atoms. The monoisotopic (exact) mass is 423 g/mol. The Kier molecular flexibility index (Phi) is 5.33. The second-order valence-electron chi connectivity index (χ2n) is 6.86. The van der Waals surface area contributed by atoms with E-state index in [9.17, 15) is 9.59 Å². The average Bonchev–Trinajstić information content (AvgIpc) is 3.23. The van der Waals surface area contributed by atoms with Gasteiger partial charge in [0, 0.05) is 10.7 Å². The fraction of sp³-hybridized carbons (Fsp3) is 0.130. The number of hydrogen-bond donors (Lipinski definition) is 1. The van der Waals surface area contributed by atoms with Crippen molar-refractivity contribution in [2.24, 2.45) is 0 Å². The lowest BCUT2D eigenvalue weighted by atomic mass is 10.1. The van der Waals surface area contributed by atoms with Gasteiger partial charge in [0.05, 0.1) is 11.6 Å². The smallest absolute Gasteiger partial charge is 0.262 e. The van der Waals surface area contributed by atoms with Crippen LogP contribution in [-0.2, 0) is 4.79 Å². The summed E-state index contributed by atoms with van der Waals surface area (Å²) in [7, 11) is 0. The SMILES string of the molecule is Cc1ccc2c(=O)c(OCC(=O)Nc3ccc(Cl)cc3C)c(-c3ccco3)oc2c1. The van der Waals surface area contributed by atoms with Gasteiger partial charge in [0.15, 0.2) is 12.4 Å². The quantitative estimate of drug-likeness (QED) is 0.468. The van der Waals surface area contributed by atoms with E-state index in [0.717, 1.165) is 11.1 Å². The molecule has 0 bridgehead atoms. The molecule has 2 heterocycles. The Hall–Kier alpha value is -3.51. The number of aryl methyl sites for hydroxylation is 2. The molecule has 7 heteroatoms. The molecule has 0 unspecified atom stereocenters. The Morgan fingerprint density at radius 3 is 2.70 bits per heavy atom. The van der Waals surface area contributed by atoms with Crippen LogP contribution in [0.25, 0.3) is 22.5 Å². The molecule has 1 amide bonds. The highest BCUT2D eigenvalue weighted by Gasteiger charge is 2.21. The first kappa shape index (κ1) is 19.8. The van der Waals surface area contributed by atoms with Crippen molar-refractivity contribution in [1.82, 2.24) is 0 Å². The van der Waals surface area contributed by atoms with Crippen molar-refractivity contribution in [3.8, 4) is 17.3 Å². The third-order valence-corrected chi connectivity index (χ3v) is 4.80. The standard InChI is InChI=1S/C23H18ClNO5/c1-13-5-7-16-19(10-13)30-22(18-4-3-9-28-18)23(21(16)27)29-12-20(26)25-17-8-6-15(24)11-14(17)2/h3-11H,12H2,1-2H3,(H,25,26). The van der Waals surface area contributed by atoms with E-state index in [1.54, 1.807) is 42.5 Å². The van der Waals surface area contributed by atoms with Crippen molar-refractivity contribution in [1.29, 1.82) is 0 Å². The molecule has 0 spiro atoms. The predicted octanol–water partition coefficient (Wildman–Crippen LogP) is 5.34. The normalized spacial score (nSPS) is 10.9. The Morgan fingerprint density at radius 2 is 1.97 bits per heavy atom. The van der Waals surface area contributed by atoms with Gasteiger partial charge in [0.2, 0.25) is 16.9 Å². The van der Waals surface area contributed by atoms with Gasteiger partial charge >= 0.3 is 0 Å². The van der Waals surface area contributed by atoms with Crippen molar-refractivity contribution in [2.45, 2.75) is 13.8 Å². The van der Waals surface area contributed by atoms with Crippen molar-refractivity contribution in [3.63, 3.8) is 0 Å². The Bertz CT molecular complexity index is 1290. The van der Waals surface area contributed by atoms with E-state index in [0.29, 0.717) is 27.4 Å². The minimum Gasteiger partial charge on any atom is -0.476 e. The molecule has 0 radical (unpaired) electrons. The molecule has 0 fully saturated rings. The molecular weight excluding hydrogens is 406 g/mol. The summed E-state index contributed by atoms with van der Waals surface area (Å²) >= 11 is 5.94. The van der Waals surface area contributed by atoms with Crippen LogP contribution in [0.15, 0.2) is 68.4 Å². The summed E-state index contributed by atoms with van der Waals surface area (Å²) in [5.41, 5.74) is 2.41. The molecule has 4 aromatic rings. The summed E-state index contributed by atoms with van der Waals surface area (Å²) in [6, 6.07) is 13.7. The van der Waals surface area contributed by atoms with Gasteiger partial charge in [0.25, 0.3) is 5.91 Å². The van der Waals surface area contributed by atoms with Crippen LogP contribution in [-0.4, -0.2) is 12.5 Å². The molecule has 0 aliphatic carbocycles. The van der Waals surface area contributed by atoms with Crippen molar-refractivity contribution in [3.05, 3.63) is 81.2 Å². The molecule has 0 atom stereocenters. The Labute approximate surface area is 177 Å². The number of benzene rings is 2. The number of carbonyl (C=O) groups is 1. The van der Waals surface area contributed by atoms with Crippen LogP contribution >= 0.6 is 11.6 Å². The zero-order valence-electron chi connectivity index (χ0n) is 16.3. The maximum atomic E-state index is 13.0. The Morgan fingerprint density at radius 1 is 1.13 bits per heavy atom. The van der Waals surface area contributed by atoms with Gasteiger partial charge < -0.3 is 18.9 Å². The summed E-state index contributed by atoms with van der Waals surface area (Å²) in [6.07, 6.45) is 1.47. The van der Waals surface area contributed by atoms with Crippen LogP contribution in [0.1, 0.15) is 11.1 Å². The summed E-state index contributed by atoms with van der Waals surface area (Å²) in [4.78, 5) is 25.5. The highest BCUT2D eigenvalue weighted by Crippen LogP contribution is 2.31. The predicted molar refractivity (Wildman–Crippen MR) is 115 cm³/mol. The largest absolute Gasteiger partial charge is 0.476 e. The van der Waals surface area contributed by atoms with E-state index in [-0.39, 0.29) is 23.5 Å². The number of halogens is 1.